The molecule has 0 aliphatic rings. The lowest BCUT2D eigenvalue weighted by Gasteiger charge is -2.28. The van der Waals surface area contributed by atoms with Crippen molar-refractivity contribution >= 4 is 5.69 Å². The van der Waals surface area contributed by atoms with Gasteiger partial charge in [-0.3, -0.25) is 0 Å². The van der Waals surface area contributed by atoms with E-state index in [1.165, 1.54) is 0 Å². The van der Waals surface area contributed by atoms with E-state index < -0.39 is 0 Å². The summed E-state index contributed by atoms with van der Waals surface area (Å²) in [6.45, 7) is 5.99. The zero-order chi connectivity index (χ0) is 10.6. The molecule has 0 saturated heterocycles. The van der Waals surface area contributed by atoms with Crippen molar-refractivity contribution in [1.29, 1.82) is 0 Å². The summed E-state index contributed by atoms with van der Waals surface area (Å²) >= 11 is 0. The van der Waals surface area contributed by atoms with Crippen LogP contribution in [0.25, 0.3) is 0 Å². The molecule has 0 aromatic heterocycles. The molecule has 1 unspecified atom stereocenters. The third-order valence-electron chi connectivity index (χ3n) is 2.06. The first-order valence-corrected chi connectivity index (χ1v) is 5.01. The highest BCUT2D eigenvalue weighted by Gasteiger charge is 2.19. The molecule has 1 aromatic rings. The molecule has 14 heavy (non-hydrogen) atoms. The number of para-hydroxylation sites is 1. The van der Waals surface area contributed by atoms with Crippen LogP contribution in [-0.2, 0) is 0 Å². The molecule has 1 rings (SSSR count). The summed E-state index contributed by atoms with van der Waals surface area (Å²) < 4.78 is 0. The summed E-state index contributed by atoms with van der Waals surface area (Å²) in [7, 11) is 0. The average Bonchev–Trinajstić information content (AvgIpc) is 2.02. The van der Waals surface area contributed by atoms with Crippen molar-refractivity contribution in [2.45, 2.75) is 38.8 Å². The van der Waals surface area contributed by atoms with Crippen molar-refractivity contribution in [3.8, 4) is 0 Å². The quantitative estimate of drug-likeness (QED) is 0.770. The molecule has 0 aliphatic carbocycles. The van der Waals surface area contributed by atoms with Crippen molar-refractivity contribution in [2.24, 2.45) is 0 Å². The van der Waals surface area contributed by atoms with Crippen molar-refractivity contribution in [1.82, 2.24) is 0 Å². The predicted molar refractivity (Wildman–Crippen MR) is 60.4 cm³/mol. The minimum atomic E-state index is -0.277. The van der Waals surface area contributed by atoms with E-state index in [2.05, 4.69) is 19.2 Å². The molecule has 0 aliphatic heterocycles. The fourth-order valence-electron chi connectivity index (χ4n) is 1.70. The standard InChI is InChI=1S/C12H19NO/c1-10(14)9-12(2,3)13-11-7-5-4-6-8-11/h4-8,10,13-14H,9H2,1-3H3. The van der Waals surface area contributed by atoms with Crippen molar-refractivity contribution in [3.05, 3.63) is 30.3 Å². The van der Waals surface area contributed by atoms with Gasteiger partial charge in [0.2, 0.25) is 0 Å². The summed E-state index contributed by atoms with van der Waals surface area (Å²) in [5.74, 6) is 0. The average molecular weight is 193 g/mol. The van der Waals surface area contributed by atoms with Crippen molar-refractivity contribution < 1.29 is 5.11 Å². The normalized spacial score (nSPS) is 13.7. The first kappa shape index (κ1) is 11.1. The molecule has 1 aromatic carbocycles. The zero-order valence-electron chi connectivity index (χ0n) is 9.12. The predicted octanol–water partition coefficient (Wildman–Crippen LogP) is 2.65. The Kier molecular flexibility index (Phi) is 3.53. The van der Waals surface area contributed by atoms with Gasteiger partial charge in [-0.2, -0.15) is 0 Å². The van der Waals surface area contributed by atoms with E-state index in [9.17, 15) is 5.11 Å². The van der Waals surface area contributed by atoms with Gasteiger partial charge in [-0.1, -0.05) is 18.2 Å². The van der Waals surface area contributed by atoms with Gasteiger partial charge in [-0.25, -0.2) is 0 Å². The first-order valence-electron chi connectivity index (χ1n) is 5.01. The summed E-state index contributed by atoms with van der Waals surface area (Å²) in [5, 5.41) is 12.7. The molecule has 0 saturated carbocycles. The minimum absolute atomic E-state index is 0.0739. The Labute approximate surface area is 86.0 Å². The summed E-state index contributed by atoms with van der Waals surface area (Å²) in [4.78, 5) is 0. The van der Waals surface area contributed by atoms with Crippen LogP contribution >= 0.6 is 0 Å². The second kappa shape index (κ2) is 4.47. The molecule has 0 radical (unpaired) electrons. The molecule has 0 heterocycles. The maximum absolute atomic E-state index is 9.33. The van der Waals surface area contributed by atoms with Gasteiger partial charge in [0.25, 0.3) is 0 Å². The van der Waals surface area contributed by atoms with Crippen LogP contribution in [0.4, 0.5) is 5.69 Å². The van der Waals surface area contributed by atoms with Crippen LogP contribution in [0.3, 0.4) is 0 Å². The topological polar surface area (TPSA) is 32.3 Å². The molecule has 0 bridgehead atoms. The largest absolute Gasteiger partial charge is 0.393 e. The second-order valence-corrected chi connectivity index (χ2v) is 4.43. The Morgan fingerprint density at radius 1 is 1.29 bits per heavy atom. The van der Waals surface area contributed by atoms with Crippen LogP contribution in [0, 0.1) is 0 Å². The SMILES string of the molecule is CC(O)CC(C)(C)Nc1ccccc1. The Morgan fingerprint density at radius 2 is 1.86 bits per heavy atom. The molecule has 78 valence electrons. The molecule has 2 N–H and O–H groups in total. The number of hydrogen-bond donors (Lipinski definition) is 2. The minimum Gasteiger partial charge on any atom is -0.393 e. The monoisotopic (exact) mass is 193 g/mol. The molecular weight excluding hydrogens is 174 g/mol. The van der Waals surface area contributed by atoms with Gasteiger partial charge in [0.1, 0.15) is 0 Å². The molecule has 2 nitrogen and oxygen atoms in total. The van der Waals surface area contributed by atoms with Crippen LogP contribution in [0.5, 0.6) is 0 Å². The van der Waals surface area contributed by atoms with Crippen molar-refractivity contribution in [3.63, 3.8) is 0 Å². The lowest BCUT2D eigenvalue weighted by atomic mass is 9.97. The number of nitrogens with one attached hydrogen (secondary N) is 1. The molecule has 0 spiro atoms. The highest BCUT2D eigenvalue weighted by Crippen LogP contribution is 2.19. The van der Waals surface area contributed by atoms with Crippen LogP contribution < -0.4 is 5.32 Å². The fraction of sp³-hybridized carbons (Fsp3) is 0.500. The highest BCUT2D eigenvalue weighted by molar-refractivity contribution is 5.44. The summed E-state index contributed by atoms with van der Waals surface area (Å²) in [6.07, 6.45) is 0.461. The van der Waals surface area contributed by atoms with Crippen LogP contribution in [0.1, 0.15) is 27.2 Å². The van der Waals surface area contributed by atoms with E-state index in [1.54, 1.807) is 0 Å². The van der Waals surface area contributed by atoms with E-state index in [0.29, 0.717) is 0 Å². The summed E-state index contributed by atoms with van der Waals surface area (Å²) in [5.41, 5.74) is 1.02. The Balaban J connectivity index is 2.59. The van der Waals surface area contributed by atoms with E-state index in [0.717, 1.165) is 12.1 Å². The van der Waals surface area contributed by atoms with Gasteiger partial charge >= 0.3 is 0 Å². The van der Waals surface area contributed by atoms with E-state index in [4.69, 9.17) is 0 Å². The third kappa shape index (κ3) is 3.79. The Hall–Kier alpha value is -1.02. The smallest absolute Gasteiger partial charge is 0.0534 e. The van der Waals surface area contributed by atoms with E-state index in [-0.39, 0.29) is 11.6 Å². The van der Waals surface area contributed by atoms with E-state index in [1.807, 2.05) is 37.3 Å². The first-order chi connectivity index (χ1) is 6.49. The van der Waals surface area contributed by atoms with Gasteiger partial charge in [0.05, 0.1) is 6.10 Å². The molecule has 1 atom stereocenters. The van der Waals surface area contributed by atoms with Crippen LogP contribution in [0.15, 0.2) is 30.3 Å². The summed E-state index contributed by atoms with van der Waals surface area (Å²) in [6, 6.07) is 10.1. The number of benzene rings is 1. The number of rotatable bonds is 4. The lowest BCUT2D eigenvalue weighted by molar-refractivity contribution is 0.163. The number of aliphatic hydroxyl groups excluding tert-OH is 1. The van der Waals surface area contributed by atoms with Crippen molar-refractivity contribution in [2.75, 3.05) is 5.32 Å². The van der Waals surface area contributed by atoms with Gasteiger partial charge in [0.15, 0.2) is 0 Å². The van der Waals surface area contributed by atoms with Gasteiger partial charge in [-0.15, -0.1) is 0 Å². The highest BCUT2D eigenvalue weighted by atomic mass is 16.3. The Morgan fingerprint density at radius 3 is 2.36 bits per heavy atom. The van der Waals surface area contributed by atoms with Crippen LogP contribution in [0.2, 0.25) is 0 Å². The maximum atomic E-state index is 9.33. The third-order valence-corrected chi connectivity index (χ3v) is 2.06. The number of anilines is 1. The van der Waals surface area contributed by atoms with Gasteiger partial charge in [-0.05, 0) is 39.3 Å². The maximum Gasteiger partial charge on any atom is 0.0534 e. The molecule has 2 heteroatoms. The van der Waals surface area contributed by atoms with Gasteiger partial charge in [0, 0.05) is 11.2 Å². The number of aliphatic hydroxyl groups is 1. The second-order valence-electron chi connectivity index (χ2n) is 4.43. The Bertz CT molecular complexity index is 267. The number of hydrogen-bond acceptors (Lipinski definition) is 2. The van der Waals surface area contributed by atoms with Gasteiger partial charge < -0.3 is 10.4 Å². The van der Waals surface area contributed by atoms with Crippen LogP contribution in [-0.4, -0.2) is 16.7 Å². The molecule has 0 amide bonds. The molecule has 0 fully saturated rings. The lowest BCUT2D eigenvalue weighted by Crippen LogP contribution is -2.34. The zero-order valence-corrected chi connectivity index (χ0v) is 9.12. The van der Waals surface area contributed by atoms with E-state index >= 15 is 0 Å². The fourth-order valence-corrected chi connectivity index (χ4v) is 1.70. The molecular formula is C12H19NO.